The van der Waals surface area contributed by atoms with E-state index in [0.717, 1.165) is 30.3 Å². The van der Waals surface area contributed by atoms with Crippen LogP contribution in [-0.2, 0) is 13.0 Å². The average molecular weight is 229 g/mol. The topological polar surface area (TPSA) is 29.9 Å². The lowest BCUT2D eigenvalue weighted by molar-refractivity contribution is 0.771. The highest BCUT2D eigenvalue weighted by atomic mass is 15.2. The Hall–Kier alpha value is -1.77. The Labute approximate surface area is 103 Å². The van der Waals surface area contributed by atoms with Gasteiger partial charge in [-0.1, -0.05) is 19.1 Å². The van der Waals surface area contributed by atoms with Crippen molar-refractivity contribution in [2.75, 3.05) is 5.32 Å². The number of imidazole rings is 1. The Bertz CT molecular complexity index is 500. The quantitative estimate of drug-likeness (QED) is 0.869. The van der Waals surface area contributed by atoms with Crippen LogP contribution in [0.3, 0.4) is 0 Å². The van der Waals surface area contributed by atoms with Crippen molar-refractivity contribution < 1.29 is 0 Å². The van der Waals surface area contributed by atoms with Gasteiger partial charge in [0.05, 0.1) is 5.69 Å². The molecule has 1 N–H and O–H groups in total. The summed E-state index contributed by atoms with van der Waals surface area (Å²) in [6.45, 7) is 7.22. The van der Waals surface area contributed by atoms with Gasteiger partial charge in [-0.2, -0.15) is 0 Å². The van der Waals surface area contributed by atoms with Crippen LogP contribution in [0.5, 0.6) is 0 Å². The van der Waals surface area contributed by atoms with Crippen molar-refractivity contribution in [2.24, 2.45) is 0 Å². The van der Waals surface area contributed by atoms with Crippen LogP contribution in [0.25, 0.3) is 0 Å². The minimum Gasteiger partial charge on any atom is -0.326 e. The summed E-state index contributed by atoms with van der Waals surface area (Å²) in [7, 11) is 0. The van der Waals surface area contributed by atoms with Crippen LogP contribution in [0.2, 0.25) is 0 Å². The Morgan fingerprint density at radius 1 is 1.29 bits per heavy atom. The molecule has 2 aromatic rings. The Kier molecular flexibility index (Phi) is 3.47. The highest BCUT2D eigenvalue weighted by Gasteiger charge is 2.04. The fourth-order valence-electron chi connectivity index (χ4n) is 1.89. The molecule has 0 atom stereocenters. The molecule has 0 bridgehead atoms. The summed E-state index contributed by atoms with van der Waals surface area (Å²) < 4.78 is 2.12. The van der Waals surface area contributed by atoms with Crippen molar-refractivity contribution in [3.8, 4) is 0 Å². The van der Waals surface area contributed by atoms with Crippen LogP contribution in [0.15, 0.2) is 30.5 Å². The summed E-state index contributed by atoms with van der Waals surface area (Å²) in [4.78, 5) is 4.48. The fourth-order valence-corrected chi connectivity index (χ4v) is 1.89. The molecule has 0 radical (unpaired) electrons. The minimum atomic E-state index is 0.915. The summed E-state index contributed by atoms with van der Waals surface area (Å²) in [5, 5.41) is 3.37. The molecule has 0 aliphatic rings. The highest BCUT2D eigenvalue weighted by molar-refractivity contribution is 5.55. The number of aromatic nitrogens is 2. The lowest BCUT2D eigenvalue weighted by Crippen LogP contribution is -2.01. The van der Waals surface area contributed by atoms with Crippen molar-refractivity contribution in [2.45, 2.75) is 33.7 Å². The van der Waals surface area contributed by atoms with Crippen molar-refractivity contribution in [1.29, 1.82) is 0 Å². The van der Waals surface area contributed by atoms with Gasteiger partial charge in [-0.15, -0.1) is 0 Å². The molecule has 0 spiro atoms. The van der Waals surface area contributed by atoms with Gasteiger partial charge in [-0.05, 0) is 38.0 Å². The van der Waals surface area contributed by atoms with E-state index >= 15 is 0 Å². The molecule has 0 unspecified atom stereocenters. The number of rotatable bonds is 4. The molecule has 0 aliphatic carbocycles. The largest absolute Gasteiger partial charge is 0.326 e. The number of benzene rings is 1. The molecule has 0 saturated carbocycles. The zero-order valence-corrected chi connectivity index (χ0v) is 10.7. The molecule has 1 aromatic carbocycles. The first-order valence-electron chi connectivity index (χ1n) is 6.12. The Morgan fingerprint density at radius 2 is 2.12 bits per heavy atom. The molecule has 3 heteroatoms. The van der Waals surface area contributed by atoms with E-state index in [1.54, 1.807) is 0 Å². The van der Waals surface area contributed by atoms with Gasteiger partial charge in [0.25, 0.3) is 0 Å². The van der Waals surface area contributed by atoms with E-state index in [0.29, 0.717) is 0 Å². The Morgan fingerprint density at radius 3 is 2.82 bits per heavy atom. The first-order valence-corrected chi connectivity index (χ1v) is 6.12. The minimum absolute atomic E-state index is 0.915. The summed E-state index contributed by atoms with van der Waals surface area (Å²) in [6, 6.07) is 8.46. The van der Waals surface area contributed by atoms with Crippen LogP contribution in [0.1, 0.15) is 25.1 Å². The first-order chi connectivity index (χ1) is 8.22. The predicted octanol–water partition coefficient (Wildman–Crippen LogP) is 3.52. The average Bonchev–Trinajstić information content (AvgIpc) is 2.69. The van der Waals surface area contributed by atoms with E-state index in [1.165, 1.54) is 5.56 Å². The lowest BCUT2D eigenvalue weighted by Gasteiger charge is -2.08. The molecule has 0 fully saturated rings. The first kappa shape index (κ1) is 11.7. The monoisotopic (exact) mass is 229 g/mol. The zero-order chi connectivity index (χ0) is 12.3. The summed E-state index contributed by atoms with van der Waals surface area (Å²) >= 11 is 0. The molecule has 1 aromatic heterocycles. The van der Waals surface area contributed by atoms with Crippen molar-refractivity contribution in [1.82, 2.24) is 9.55 Å². The lowest BCUT2D eigenvalue weighted by atomic mass is 10.1. The highest BCUT2D eigenvalue weighted by Crippen LogP contribution is 2.17. The van der Waals surface area contributed by atoms with Gasteiger partial charge >= 0.3 is 0 Å². The molecular weight excluding hydrogens is 210 g/mol. The summed E-state index contributed by atoms with van der Waals surface area (Å²) in [5.41, 5.74) is 3.48. The Balaban J connectivity index is 2.24. The number of nitrogens with zero attached hydrogens (tertiary/aromatic N) is 2. The van der Waals surface area contributed by atoms with Crippen molar-refractivity contribution >= 4 is 11.6 Å². The van der Waals surface area contributed by atoms with E-state index in [1.807, 2.05) is 6.92 Å². The second-order valence-electron chi connectivity index (χ2n) is 4.17. The molecular formula is C14H19N3. The summed E-state index contributed by atoms with van der Waals surface area (Å²) in [6.07, 6.45) is 3.11. The predicted molar refractivity (Wildman–Crippen MR) is 71.7 cm³/mol. The molecule has 1 heterocycles. The third-order valence-corrected chi connectivity index (χ3v) is 2.83. The van der Waals surface area contributed by atoms with Crippen LogP contribution in [-0.4, -0.2) is 9.55 Å². The van der Waals surface area contributed by atoms with Crippen LogP contribution >= 0.6 is 0 Å². The molecule has 0 aliphatic heterocycles. The van der Waals surface area contributed by atoms with Crippen LogP contribution in [0, 0.1) is 6.92 Å². The van der Waals surface area contributed by atoms with Gasteiger partial charge in [0.15, 0.2) is 0 Å². The number of hydrogen-bond acceptors (Lipinski definition) is 2. The van der Waals surface area contributed by atoms with Crippen LogP contribution < -0.4 is 5.32 Å². The van der Waals surface area contributed by atoms with Crippen LogP contribution in [0.4, 0.5) is 11.6 Å². The van der Waals surface area contributed by atoms with Crippen molar-refractivity contribution in [3.63, 3.8) is 0 Å². The standard InChI is InChI=1S/C14H19N3/c1-4-12-7-6-8-13(9-12)16-14-15-11(3)10-17(14)5-2/h6-10H,4-5H2,1-3H3,(H,15,16). The van der Waals surface area contributed by atoms with E-state index in [4.69, 9.17) is 0 Å². The maximum absolute atomic E-state index is 4.48. The smallest absolute Gasteiger partial charge is 0.207 e. The second-order valence-corrected chi connectivity index (χ2v) is 4.17. The second kappa shape index (κ2) is 5.04. The normalized spacial score (nSPS) is 10.5. The van der Waals surface area contributed by atoms with E-state index in [2.05, 4.69) is 59.2 Å². The molecule has 2 rings (SSSR count). The number of anilines is 2. The van der Waals surface area contributed by atoms with E-state index in [-0.39, 0.29) is 0 Å². The van der Waals surface area contributed by atoms with E-state index < -0.39 is 0 Å². The maximum Gasteiger partial charge on any atom is 0.207 e. The third-order valence-electron chi connectivity index (χ3n) is 2.83. The van der Waals surface area contributed by atoms with Crippen molar-refractivity contribution in [3.05, 3.63) is 41.7 Å². The molecule has 0 amide bonds. The van der Waals surface area contributed by atoms with Gasteiger partial charge < -0.3 is 9.88 Å². The number of aryl methyl sites for hydroxylation is 3. The van der Waals surface area contributed by atoms with Gasteiger partial charge in [-0.25, -0.2) is 4.98 Å². The van der Waals surface area contributed by atoms with Gasteiger partial charge in [-0.3, -0.25) is 0 Å². The fraction of sp³-hybridized carbons (Fsp3) is 0.357. The molecule has 3 nitrogen and oxygen atoms in total. The number of hydrogen-bond donors (Lipinski definition) is 1. The molecule has 0 saturated heterocycles. The number of nitrogens with one attached hydrogen (secondary N) is 1. The zero-order valence-electron chi connectivity index (χ0n) is 10.7. The maximum atomic E-state index is 4.48. The SMILES string of the molecule is CCc1cccc(Nc2nc(C)cn2CC)c1. The molecule has 90 valence electrons. The molecule has 17 heavy (non-hydrogen) atoms. The summed E-state index contributed by atoms with van der Waals surface area (Å²) in [5.74, 6) is 0.915. The van der Waals surface area contributed by atoms with Gasteiger partial charge in [0, 0.05) is 18.4 Å². The van der Waals surface area contributed by atoms with E-state index in [9.17, 15) is 0 Å². The van der Waals surface area contributed by atoms with Gasteiger partial charge in [0.1, 0.15) is 0 Å². The third kappa shape index (κ3) is 2.67. The van der Waals surface area contributed by atoms with Gasteiger partial charge in [0.2, 0.25) is 5.95 Å².